The normalized spacial score (nSPS) is 11.9. The molecule has 0 aliphatic rings. The number of rotatable bonds is 11. The van der Waals surface area contributed by atoms with Crippen LogP contribution in [0.5, 0.6) is 23.0 Å². The first-order chi connectivity index (χ1) is 15.0. The smallest absolute Gasteiger partial charge is 0.387 e. The molecule has 10 heteroatoms. The Morgan fingerprint density at radius 3 is 2.31 bits per heavy atom. The van der Waals surface area contributed by atoms with E-state index in [1.54, 1.807) is 39.3 Å². The molecule has 7 nitrogen and oxygen atoms in total. The summed E-state index contributed by atoms with van der Waals surface area (Å²) in [5, 5.41) is 6.24. The van der Waals surface area contributed by atoms with Gasteiger partial charge in [-0.1, -0.05) is 24.3 Å². The van der Waals surface area contributed by atoms with Crippen LogP contribution < -0.4 is 29.6 Å². The fourth-order valence-corrected chi connectivity index (χ4v) is 2.81. The van der Waals surface area contributed by atoms with Crippen LogP contribution in [0.15, 0.2) is 47.5 Å². The zero-order valence-electron chi connectivity index (χ0n) is 18.6. The fraction of sp³-hybridized carbons (Fsp3) is 0.409. The lowest BCUT2D eigenvalue weighted by Crippen LogP contribution is -2.41. The molecule has 1 unspecified atom stereocenters. The minimum atomic E-state index is -2.95. The molecule has 0 amide bonds. The van der Waals surface area contributed by atoms with Gasteiger partial charge in [-0.2, -0.15) is 8.78 Å². The summed E-state index contributed by atoms with van der Waals surface area (Å²) in [4.78, 5) is 4.16. The second-order valence-electron chi connectivity index (χ2n) is 6.44. The Morgan fingerprint density at radius 2 is 1.69 bits per heavy atom. The van der Waals surface area contributed by atoms with E-state index in [0.717, 1.165) is 0 Å². The summed E-state index contributed by atoms with van der Waals surface area (Å²) in [5.74, 6) is 2.06. The van der Waals surface area contributed by atoms with Crippen molar-refractivity contribution < 1.29 is 27.7 Å². The van der Waals surface area contributed by atoms with E-state index >= 15 is 0 Å². The number of halogens is 3. The Morgan fingerprint density at radius 1 is 1.00 bits per heavy atom. The third kappa shape index (κ3) is 8.56. The highest BCUT2D eigenvalue weighted by Gasteiger charge is 2.16. The molecule has 32 heavy (non-hydrogen) atoms. The van der Waals surface area contributed by atoms with Crippen molar-refractivity contribution >= 4 is 29.9 Å². The van der Waals surface area contributed by atoms with Gasteiger partial charge in [-0.15, -0.1) is 24.0 Å². The zero-order valence-corrected chi connectivity index (χ0v) is 20.9. The number of methoxy groups -OCH3 is 1. The van der Waals surface area contributed by atoms with Crippen molar-refractivity contribution in [3.05, 3.63) is 48.0 Å². The average molecular weight is 565 g/mol. The Hall–Kier alpha value is -2.50. The quantitative estimate of drug-likeness (QED) is 0.239. The van der Waals surface area contributed by atoms with Crippen molar-refractivity contribution in [1.29, 1.82) is 0 Å². The van der Waals surface area contributed by atoms with Gasteiger partial charge in [-0.3, -0.25) is 4.99 Å². The Balaban J connectivity index is 0.00000512. The van der Waals surface area contributed by atoms with E-state index in [1.165, 1.54) is 0 Å². The van der Waals surface area contributed by atoms with E-state index in [4.69, 9.17) is 18.9 Å². The molecule has 0 radical (unpaired) electrons. The molecular formula is C22H30F2IN3O4. The molecular weight excluding hydrogens is 535 g/mol. The van der Waals surface area contributed by atoms with Crippen LogP contribution in [0.1, 0.15) is 19.4 Å². The molecule has 0 saturated carbocycles. The van der Waals surface area contributed by atoms with Gasteiger partial charge in [-0.05, 0) is 32.0 Å². The zero-order chi connectivity index (χ0) is 22.6. The lowest BCUT2D eigenvalue weighted by molar-refractivity contribution is -0.0520. The lowest BCUT2D eigenvalue weighted by atomic mass is 10.2. The molecule has 0 saturated heterocycles. The van der Waals surface area contributed by atoms with Crippen molar-refractivity contribution in [1.82, 2.24) is 10.6 Å². The van der Waals surface area contributed by atoms with Crippen LogP contribution in [0.2, 0.25) is 0 Å². The molecule has 2 aromatic rings. The van der Waals surface area contributed by atoms with Crippen LogP contribution in [0, 0.1) is 0 Å². The number of nitrogens with one attached hydrogen (secondary N) is 2. The number of ether oxygens (including phenoxy) is 4. The van der Waals surface area contributed by atoms with Crippen LogP contribution in [0.4, 0.5) is 8.78 Å². The maximum absolute atomic E-state index is 12.9. The minimum Gasteiger partial charge on any atom is -0.493 e. The van der Waals surface area contributed by atoms with Crippen molar-refractivity contribution in [2.45, 2.75) is 33.1 Å². The molecule has 0 aromatic heterocycles. The number of para-hydroxylation sites is 3. The molecule has 0 aliphatic carbocycles. The maximum atomic E-state index is 12.9. The van der Waals surface area contributed by atoms with E-state index < -0.39 is 6.61 Å². The average Bonchev–Trinajstić information content (AvgIpc) is 2.76. The van der Waals surface area contributed by atoms with E-state index in [9.17, 15) is 8.78 Å². The first-order valence-electron chi connectivity index (χ1n) is 9.92. The van der Waals surface area contributed by atoms with E-state index in [0.29, 0.717) is 36.2 Å². The number of hydrogen-bond acceptors (Lipinski definition) is 5. The monoisotopic (exact) mass is 565 g/mol. The van der Waals surface area contributed by atoms with Crippen molar-refractivity contribution in [3.8, 4) is 23.0 Å². The van der Waals surface area contributed by atoms with Crippen LogP contribution >= 0.6 is 24.0 Å². The Kier molecular flexibility index (Phi) is 12.5. The highest BCUT2D eigenvalue weighted by Crippen LogP contribution is 2.32. The molecule has 2 rings (SSSR count). The second kappa shape index (κ2) is 14.5. The molecule has 0 fully saturated rings. The van der Waals surface area contributed by atoms with E-state index in [2.05, 4.69) is 15.6 Å². The van der Waals surface area contributed by atoms with Gasteiger partial charge in [-0.25, -0.2) is 0 Å². The number of nitrogens with zero attached hydrogens (tertiary/aromatic N) is 1. The number of benzene rings is 2. The summed E-state index contributed by atoms with van der Waals surface area (Å²) in [6, 6.07) is 12.4. The molecule has 0 spiro atoms. The largest absolute Gasteiger partial charge is 0.493 e. The molecule has 2 aromatic carbocycles. The van der Waals surface area contributed by atoms with Crippen molar-refractivity contribution in [2.75, 3.05) is 27.3 Å². The second-order valence-corrected chi connectivity index (χ2v) is 6.44. The van der Waals surface area contributed by atoms with Crippen molar-refractivity contribution in [2.24, 2.45) is 4.99 Å². The predicted octanol–water partition coefficient (Wildman–Crippen LogP) is 4.45. The first-order valence-corrected chi connectivity index (χ1v) is 9.92. The van der Waals surface area contributed by atoms with Gasteiger partial charge in [0.2, 0.25) is 0 Å². The van der Waals surface area contributed by atoms with Crippen LogP contribution in [0.25, 0.3) is 0 Å². The predicted molar refractivity (Wildman–Crippen MR) is 131 cm³/mol. The number of hydrogen-bond donors (Lipinski definition) is 2. The summed E-state index contributed by atoms with van der Waals surface area (Å²) in [6.07, 6.45) is -0.186. The molecule has 2 N–H and O–H groups in total. The highest BCUT2D eigenvalue weighted by molar-refractivity contribution is 14.0. The summed E-state index contributed by atoms with van der Waals surface area (Å²) >= 11 is 0. The summed E-state index contributed by atoms with van der Waals surface area (Å²) in [7, 11) is 3.21. The molecule has 178 valence electrons. The summed E-state index contributed by atoms with van der Waals surface area (Å²) < 4.78 is 47.0. The molecule has 0 aliphatic heterocycles. The van der Waals surface area contributed by atoms with Crippen LogP contribution in [0.3, 0.4) is 0 Å². The molecule has 0 heterocycles. The van der Waals surface area contributed by atoms with Gasteiger partial charge in [0.15, 0.2) is 29.0 Å². The first kappa shape index (κ1) is 27.5. The lowest BCUT2D eigenvalue weighted by Gasteiger charge is -2.20. The highest BCUT2D eigenvalue weighted by atomic mass is 127. The van der Waals surface area contributed by atoms with Crippen molar-refractivity contribution in [3.63, 3.8) is 0 Å². The Labute approximate surface area is 204 Å². The van der Waals surface area contributed by atoms with Gasteiger partial charge in [0, 0.05) is 19.2 Å². The molecule has 1 atom stereocenters. The molecule has 0 bridgehead atoms. The van der Waals surface area contributed by atoms with Gasteiger partial charge < -0.3 is 29.6 Å². The third-order valence-corrected chi connectivity index (χ3v) is 4.19. The van der Waals surface area contributed by atoms with Gasteiger partial charge in [0.05, 0.1) is 20.3 Å². The van der Waals surface area contributed by atoms with E-state index in [1.807, 2.05) is 31.2 Å². The third-order valence-electron chi connectivity index (χ3n) is 4.19. The van der Waals surface area contributed by atoms with E-state index in [-0.39, 0.29) is 48.1 Å². The number of aliphatic imine (C=N–C) groups is 1. The standard InChI is InChI=1S/C22H29F2N3O4.HI/c1-5-29-19-12-8-9-16(20(19)31-21(23)24)14-27-22(25-3)26-13-15(2)30-18-11-7-6-10-17(18)28-4;/h6-12,15,21H,5,13-14H2,1-4H3,(H2,25,26,27);1H. The summed E-state index contributed by atoms with van der Waals surface area (Å²) in [5.41, 5.74) is 0.521. The van der Waals surface area contributed by atoms with Gasteiger partial charge in [0.1, 0.15) is 6.10 Å². The van der Waals surface area contributed by atoms with Crippen LogP contribution in [-0.2, 0) is 6.54 Å². The van der Waals surface area contributed by atoms with Gasteiger partial charge >= 0.3 is 6.61 Å². The van der Waals surface area contributed by atoms with Gasteiger partial charge in [0.25, 0.3) is 0 Å². The SMILES string of the molecule is CCOc1cccc(CNC(=NC)NCC(C)Oc2ccccc2OC)c1OC(F)F.I. The topological polar surface area (TPSA) is 73.3 Å². The Bertz CT molecular complexity index is 856. The fourth-order valence-electron chi connectivity index (χ4n) is 2.81. The summed E-state index contributed by atoms with van der Waals surface area (Å²) in [6.45, 7) is 1.74. The number of alkyl halides is 2. The van der Waals surface area contributed by atoms with Crippen LogP contribution in [-0.4, -0.2) is 46.0 Å². The maximum Gasteiger partial charge on any atom is 0.387 e. The minimum absolute atomic E-state index is 0. The number of guanidine groups is 1.